The average molecular weight is 248 g/mol. The van der Waals surface area contributed by atoms with E-state index >= 15 is 0 Å². The number of aryl methyl sites for hydroxylation is 1. The number of nitrogens with one attached hydrogen (secondary N) is 1. The highest BCUT2D eigenvalue weighted by atomic mass is 16.5. The Hall–Kier alpha value is -1.09. The van der Waals surface area contributed by atoms with Crippen molar-refractivity contribution in [1.82, 2.24) is 4.98 Å². The van der Waals surface area contributed by atoms with Crippen LogP contribution >= 0.6 is 0 Å². The standard InChI is InChI=1S/C15H24N2O/c1-4-15(5-2)11-14(7-9-18-15)17-13-6-8-16-12(3)10-13/h6,8,10,14H,4-5,7,9,11H2,1-3H3,(H,16,17). The van der Waals surface area contributed by atoms with E-state index in [1.165, 1.54) is 5.69 Å². The molecule has 0 aromatic carbocycles. The van der Waals surface area contributed by atoms with Crippen LogP contribution in [0.25, 0.3) is 0 Å². The fourth-order valence-corrected chi connectivity index (χ4v) is 2.76. The summed E-state index contributed by atoms with van der Waals surface area (Å²) in [6, 6.07) is 4.66. The minimum atomic E-state index is 0.0813. The van der Waals surface area contributed by atoms with Crippen LogP contribution in [0.15, 0.2) is 18.3 Å². The lowest BCUT2D eigenvalue weighted by molar-refractivity contribution is -0.0864. The Labute approximate surface area is 110 Å². The molecule has 100 valence electrons. The zero-order valence-corrected chi connectivity index (χ0v) is 11.7. The van der Waals surface area contributed by atoms with E-state index in [0.717, 1.165) is 38.0 Å². The van der Waals surface area contributed by atoms with Crippen LogP contribution in [0.3, 0.4) is 0 Å². The maximum atomic E-state index is 6.00. The third kappa shape index (κ3) is 3.02. The molecule has 1 aliphatic rings. The van der Waals surface area contributed by atoms with Gasteiger partial charge in [-0.05, 0) is 44.7 Å². The highest BCUT2D eigenvalue weighted by Gasteiger charge is 2.34. The third-order valence-corrected chi connectivity index (χ3v) is 4.05. The van der Waals surface area contributed by atoms with Crippen molar-refractivity contribution in [3.8, 4) is 0 Å². The molecular weight excluding hydrogens is 224 g/mol. The first kappa shape index (κ1) is 13.3. The van der Waals surface area contributed by atoms with E-state index in [1.54, 1.807) is 0 Å². The van der Waals surface area contributed by atoms with Crippen molar-refractivity contribution >= 4 is 5.69 Å². The van der Waals surface area contributed by atoms with Gasteiger partial charge in [-0.3, -0.25) is 4.98 Å². The molecule has 1 N–H and O–H groups in total. The van der Waals surface area contributed by atoms with E-state index in [-0.39, 0.29) is 5.60 Å². The van der Waals surface area contributed by atoms with Crippen molar-refractivity contribution in [1.29, 1.82) is 0 Å². The summed E-state index contributed by atoms with van der Waals surface area (Å²) in [6.07, 6.45) is 6.24. The monoisotopic (exact) mass is 248 g/mol. The average Bonchev–Trinajstić information content (AvgIpc) is 2.39. The van der Waals surface area contributed by atoms with E-state index in [1.807, 2.05) is 19.2 Å². The number of pyridine rings is 1. The molecule has 1 unspecified atom stereocenters. The highest BCUT2D eigenvalue weighted by molar-refractivity contribution is 5.44. The van der Waals surface area contributed by atoms with Crippen LogP contribution in [0, 0.1) is 6.92 Å². The molecule has 0 spiro atoms. The molecule has 1 atom stereocenters. The summed E-state index contributed by atoms with van der Waals surface area (Å²) in [4.78, 5) is 4.23. The predicted molar refractivity (Wildman–Crippen MR) is 74.9 cm³/mol. The zero-order valence-electron chi connectivity index (χ0n) is 11.7. The van der Waals surface area contributed by atoms with E-state index in [9.17, 15) is 0 Å². The van der Waals surface area contributed by atoms with E-state index in [0.29, 0.717) is 6.04 Å². The maximum absolute atomic E-state index is 6.00. The summed E-state index contributed by atoms with van der Waals surface area (Å²) < 4.78 is 6.00. The molecule has 3 heteroatoms. The normalized spacial score (nSPS) is 22.7. The molecule has 2 heterocycles. The molecule has 0 amide bonds. The lowest BCUT2D eigenvalue weighted by atomic mass is 9.86. The molecule has 0 bridgehead atoms. The van der Waals surface area contributed by atoms with Gasteiger partial charge in [0.05, 0.1) is 5.60 Å². The number of hydrogen-bond donors (Lipinski definition) is 1. The number of nitrogens with zero attached hydrogens (tertiary/aromatic N) is 1. The number of anilines is 1. The first-order valence-corrected chi connectivity index (χ1v) is 7.00. The van der Waals surface area contributed by atoms with Crippen molar-refractivity contribution in [2.75, 3.05) is 11.9 Å². The third-order valence-electron chi connectivity index (χ3n) is 4.05. The van der Waals surface area contributed by atoms with Gasteiger partial charge in [0.1, 0.15) is 0 Å². The molecule has 0 radical (unpaired) electrons. The Balaban J connectivity index is 2.01. The van der Waals surface area contributed by atoms with Crippen LogP contribution < -0.4 is 5.32 Å². The van der Waals surface area contributed by atoms with Crippen LogP contribution in [-0.4, -0.2) is 23.2 Å². The number of aromatic nitrogens is 1. The second-order valence-corrected chi connectivity index (χ2v) is 5.26. The number of ether oxygens (including phenoxy) is 1. The molecule has 1 aromatic heterocycles. The molecule has 18 heavy (non-hydrogen) atoms. The fourth-order valence-electron chi connectivity index (χ4n) is 2.76. The lowest BCUT2D eigenvalue weighted by Crippen LogP contribution is -2.43. The molecule has 1 saturated heterocycles. The van der Waals surface area contributed by atoms with Crippen LogP contribution in [0.1, 0.15) is 45.2 Å². The molecule has 0 aliphatic carbocycles. The smallest absolute Gasteiger partial charge is 0.0696 e. The summed E-state index contributed by atoms with van der Waals surface area (Å²) in [5.74, 6) is 0. The van der Waals surface area contributed by atoms with Crippen molar-refractivity contribution in [3.05, 3.63) is 24.0 Å². The molecule has 3 nitrogen and oxygen atoms in total. The van der Waals surface area contributed by atoms with Crippen LogP contribution in [0.4, 0.5) is 5.69 Å². The van der Waals surface area contributed by atoms with Gasteiger partial charge in [-0.15, -0.1) is 0 Å². The summed E-state index contributed by atoms with van der Waals surface area (Å²) in [5, 5.41) is 3.63. The number of rotatable bonds is 4. The van der Waals surface area contributed by atoms with Gasteiger partial charge in [-0.25, -0.2) is 0 Å². The SMILES string of the molecule is CCC1(CC)CC(Nc2ccnc(C)c2)CCO1. The minimum Gasteiger partial charge on any atom is -0.382 e. The second-order valence-electron chi connectivity index (χ2n) is 5.26. The molecular formula is C15H24N2O. The largest absolute Gasteiger partial charge is 0.382 e. The lowest BCUT2D eigenvalue weighted by Gasteiger charge is -2.40. The van der Waals surface area contributed by atoms with Crippen LogP contribution in [-0.2, 0) is 4.74 Å². The maximum Gasteiger partial charge on any atom is 0.0696 e. The van der Waals surface area contributed by atoms with Crippen molar-refractivity contribution in [2.45, 2.75) is 58.1 Å². The topological polar surface area (TPSA) is 34.2 Å². The van der Waals surface area contributed by atoms with Crippen molar-refractivity contribution < 1.29 is 4.74 Å². The van der Waals surface area contributed by atoms with E-state index < -0.39 is 0 Å². The van der Waals surface area contributed by atoms with E-state index in [4.69, 9.17) is 4.74 Å². The Kier molecular flexibility index (Phi) is 4.23. The molecule has 2 rings (SSSR count). The van der Waals surface area contributed by atoms with Gasteiger partial charge < -0.3 is 10.1 Å². The van der Waals surface area contributed by atoms with Gasteiger partial charge in [-0.2, -0.15) is 0 Å². The van der Waals surface area contributed by atoms with Gasteiger partial charge in [0, 0.05) is 30.2 Å². The van der Waals surface area contributed by atoms with Crippen LogP contribution in [0.2, 0.25) is 0 Å². The Morgan fingerprint density at radius 1 is 1.44 bits per heavy atom. The van der Waals surface area contributed by atoms with Gasteiger partial charge in [0.25, 0.3) is 0 Å². The molecule has 0 saturated carbocycles. The van der Waals surface area contributed by atoms with Gasteiger partial charge in [-0.1, -0.05) is 13.8 Å². The minimum absolute atomic E-state index is 0.0813. The predicted octanol–water partition coefficient (Wildman–Crippen LogP) is 3.54. The Bertz CT molecular complexity index is 388. The molecule has 1 fully saturated rings. The Morgan fingerprint density at radius 2 is 2.22 bits per heavy atom. The van der Waals surface area contributed by atoms with Gasteiger partial charge in [0.2, 0.25) is 0 Å². The zero-order chi connectivity index (χ0) is 13.0. The summed E-state index contributed by atoms with van der Waals surface area (Å²) in [5.41, 5.74) is 2.32. The fraction of sp³-hybridized carbons (Fsp3) is 0.667. The first-order chi connectivity index (χ1) is 8.67. The summed E-state index contributed by atoms with van der Waals surface area (Å²) >= 11 is 0. The summed E-state index contributed by atoms with van der Waals surface area (Å²) in [6.45, 7) is 7.34. The second kappa shape index (κ2) is 5.70. The van der Waals surface area contributed by atoms with Gasteiger partial charge >= 0.3 is 0 Å². The Morgan fingerprint density at radius 3 is 2.89 bits per heavy atom. The number of hydrogen-bond acceptors (Lipinski definition) is 3. The van der Waals surface area contributed by atoms with Crippen LogP contribution in [0.5, 0.6) is 0 Å². The van der Waals surface area contributed by atoms with Crippen molar-refractivity contribution in [2.24, 2.45) is 0 Å². The summed E-state index contributed by atoms with van der Waals surface area (Å²) in [7, 11) is 0. The highest BCUT2D eigenvalue weighted by Crippen LogP contribution is 2.32. The quantitative estimate of drug-likeness (QED) is 0.885. The van der Waals surface area contributed by atoms with Gasteiger partial charge in [0.15, 0.2) is 0 Å². The molecule has 1 aromatic rings. The first-order valence-electron chi connectivity index (χ1n) is 7.00. The van der Waals surface area contributed by atoms with E-state index in [2.05, 4.69) is 30.2 Å². The molecule has 1 aliphatic heterocycles. The van der Waals surface area contributed by atoms with Crippen molar-refractivity contribution in [3.63, 3.8) is 0 Å².